The number of fused-ring (bicyclic) bond motifs is 1. The van der Waals surface area contributed by atoms with E-state index in [9.17, 15) is 9.59 Å². The van der Waals surface area contributed by atoms with Crippen LogP contribution in [0.5, 0.6) is 0 Å². The van der Waals surface area contributed by atoms with Crippen molar-refractivity contribution in [2.24, 2.45) is 5.92 Å². The van der Waals surface area contributed by atoms with Crippen molar-refractivity contribution in [3.63, 3.8) is 0 Å². The molecule has 0 aliphatic rings. The average Bonchev–Trinajstić information content (AvgIpc) is 2.85. The molecule has 3 atom stereocenters. The number of carbonyl (C=O) groups excluding carboxylic acids is 1. The van der Waals surface area contributed by atoms with Gasteiger partial charge in [0.05, 0.1) is 56.7 Å². The van der Waals surface area contributed by atoms with Gasteiger partial charge in [0, 0.05) is 20.1 Å². The van der Waals surface area contributed by atoms with Crippen LogP contribution in [0.1, 0.15) is 28.5 Å². The normalized spacial score (nSPS) is 14.1. The third-order valence-corrected chi connectivity index (χ3v) is 5.79. The Labute approximate surface area is 204 Å². The quantitative estimate of drug-likeness (QED) is 0.220. The fraction of sp³-hybridized carbons (Fsp3) is 0.625. The van der Waals surface area contributed by atoms with Gasteiger partial charge in [0.15, 0.2) is 0 Å². The second kappa shape index (κ2) is 14.2. The summed E-state index contributed by atoms with van der Waals surface area (Å²) in [5.74, 6) is -1.12. The minimum absolute atomic E-state index is 0.0245. The van der Waals surface area contributed by atoms with E-state index in [2.05, 4.69) is 4.98 Å². The smallest absolute Gasteiger partial charge is 0.362 e. The first-order chi connectivity index (χ1) is 16.8. The number of methoxy groups -OCH3 is 3. The maximum Gasteiger partial charge on any atom is 0.362 e. The van der Waals surface area contributed by atoms with Gasteiger partial charge in [-0.05, 0) is 37.1 Å². The number of nitrogens with zero attached hydrogens (tertiary/aromatic N) is 2. The van der Waals surface area contributed by atoms with Crippen molar-refractivity contribution in [2.45, 2.75) is 39.5 Å². The minimum atomic E-state index is -0.815. The molecule has 11 nitrogen and oxygen atoms in total. The Morgan fingerprint density at radius 1 is 1.06 bits per heavy atom. The van der Waals surface area contributed by atoms with Crippen LogP contribution in [0.4, 0.5) is 0 Å². The highest BCUT2D eigenvalue weighted by atomic mass is 16.7. The largest absolute Gasteiger partial charge is 0.464 e. The summed E-state index contributed by atoms with van der Waals surface area (Å²) >= 11 is 0. The highest BCUT2D eigenvalue weighted by Gasteiger charge is 2.30. The van der Waals surface area contributed by atoms with Crippen LogP contribution in [0.2, 0.25) is 0 Å². The first kappa shape index (κ1) is 28.8. The van der Waals surface area contributed by atoms with Gasteiger partial charge in [0.1, 0.15) is 13.6 Å². The zero-order valence-corrected chi connectivity index (χ0v) is 21.2. The Bertz CT molecular complexity index is 1020. The van der Waals surface area contributed by atoms with Crippen LogP contribution in [0.25, 0.3) is 11.0 Å². The highest BCUT2D eigenvalue weighted by Crippen LogP contribution is 2.22. The van der Waals surface area contributed by atoms with Gasteiger partial charge in [0.25, 0.3) is 5.56 Å². The van der Waals surface area contributed by atoms with Crippen LogP contribution < -0.4 is 5.56 Å². The molecule has 2 rings (SSSR count). The Morgan fingerprint density at radius 2 is 1.69 bits per heavy atom. The van der Waals surface area contributed by atoms with Crippen LogP contribution in [-0.4, -0.2) is 87.6 Å². The summed E-state index contributed by atoms with van der Waals surface area (Å²) in [6.07, 6.45) is -1.05. The third kappa shape index (κ3) is 7.53. The molecule has 0 aliphatic carbocycles. The van der Waals surface area contributed by atoms with E-state index in [4.69, 9.17) is 33.5 Å². The van der Waals surface area contributed by atoms with Gasteiger partial charge in [-0.2, -0.15) is 0 Å². The Hall–Kier alpha value is -2.41. The standard InChI is InChI=1S/C24H36N2O9/c1-15-9-18-19(10-16(15)2)26(23(28)22(25-18)24(29)32-6)11-20(34-13-30-4)17(3)21(35-14-31-5)12-33-8-7-27/h9-10,17,20-21,27H,7-8,11-14H2,1-6H3/t17-,20-,21+/m0/s1. The van der Waals surface area contributed by atoms with E-state index >= 15 is 0 Å². The number of hydrogen-bond acceptors (Lipinski definition) is 10. The number of aryl methyl sites for hydroxylation is 2. The zero-order chi connectivity index (χ0) is 26.0. The summed E-state index contributed by atoms with van der Waals surface area (Å²) in [5.41, 5.74) is 2.11. The number of aliphatic hydroxyl groups is 1. The molecule has 2 aromatic rings. The summed E-state index contributed by atoms with van der Waals surface area (Å²) in [5, 5.41) is 9.06. The molecule has 1 aromatic carbocycles. The predicted octanol–water partition coefficient (Wildman–Crippen LogP) is 1.42. The molecule has 11 heteroatoms. The number of hydrogen-bond donors (Lipinski definition) is 1. The molecule has 35 heavy (non-hydrogen) atoms. The van der Waals surface area contributed by atoms with Crippen LogP contribution in [-0.2, 0) is 35.0 Å². The first-order valence-corrected chi connectivity index (χ1v) is 11.3. The third-order valence-electron chi connectivity index (χ3n) is 5.79. The van der Waals surface area contributed by atoms with E-state index < -0.39 is 23.7 Å². The van der Waals surface area contributed by atoms with Crippen LogP contribution in [0, 0.1) is 19.8 Å². The monoisotopic (exact) mass is 496 g/mol. The fourth-order valence-electron chi connectivity index (χ4n) is 3.62. The minimum Gasteiger partial charge on any atom is -0.464 e. The highest BCUT2D eigenvalue weighted by molar-refractivity contribution is 5.89. The lowest BCUT2D eigenvalue weighted by molar-refractivity contribution is -0.157. The van der Waals surface area contributed by atoms with Crippen molar-refractivity contribution in [1.29, 1.82) is 0 Å². The predicted molar refractivity (Wildman–Crippen MR) is 127 cm³/mol. The maximum absolute atomic E-state index is 13.4. The van der Waals surface area contributed by atoms with Gasteiger partial charge in [-0.1, -0.05) is 6.92 Å². The van der Waals surface area contributed by atoms with Crippen molar-refractivity contribution in [2.75, 3.05) is 54.7 Å². The molecule has 1 heterocycles. The second-order valence-corrected chi connectivity index (χ2v) is 8.17. The fourth-order valence-corrected chi connectivity index (χ4v) is 3.62. The topological polar surface area (TPSA) is 128 Å². The van der Waals surface area contributed by atoms with E-state index in [0.29, 0.717) is 11.0 Å². The molecular formula is C24H36N2O9. The van der Waals surface area contributed by atoms with Crippen molar-refractivity contribution in [1.82, 2.24) is 9.55 Å². The molecule has 0 saturated heterocycles. The molecule has 0 unspecified atom stereocenters. The van der Waals surface area contributed by atoms with Crippen molar-refractivity contribution in [3.8, 4) is 0 Å². The summed E-state index contributed by atoms with van der Waals surface area (Å²) in [7, 11) is 4.21. The number of rotatable bonds is 15. The molecule has 0 spiro atoms. The summed E-state index contributed by atoms with van der Waals surface area (Å²) < 4.78 is 33.7. The number of esters is 1. The SMILES string of the molecule is COCO[C@@H](Cn1c(=O)c(C(=O)OC)nc2cc(C)c(C)cc21)[C@H](C)[C@@H](COCCO)OCOC. The van der Waals surface area contributed by atoms with Gasteiger partial charge >= 0.3 is 5.97 Å². The molecule has 0 radical (unpaired) electrons. The number of aromatic nitrogens is 2. The van der Waals surface area contributed by atoms with Crippen molar-refractivity contribution < 1.29 is 38.3 Å². The van der Waals surface area contributed by atoms with Crippen LogP contribution in [0.15, 0.2) is 16.9 Å². The van der Waals surface area contributed by atoms with Crippen LogP contribution in [0.3, 0.4) is 0 Å². The number of benzene rings is 1. The Morgan fingerprint density at radius 3 is 2.29 bits per heavy atom. The Kier molecular flexibility index (Phi) is 11.7. The molecule has 0 saturated carbocycles. The van der Waals surface area contributed by atoms with E-state index in [1.165, 1.54) is 25.9 Å². The molecule has 1 aromatic heterocycles. The lowest BCUT2D eigenvalue weighted by atomic mass is 9.97. The van der Waals surface area contributed by atoms with E-state index in [1.54, 1.807) is 0 Å². The second-order valence-electron chi connectivity index (χ2n) is 8.17. The van der Waals surface area contributed by atoms with E-state index in [1.807, 2.05) is 32.9 Å². The maximum atomic E-state index is 13.4. The molecule has 1 N–H and O–H groups in total. The summed E-state index contributed by atoms with van der Waals surface area (Å²) in [4.78, 5) is 30.0. The van der Waals surface area contributed by atoms with Gasteiger partial charge in [0.2, 0.25) is 5.69 Å². The number of aliphatic hydroxyl groups excluding tert-OH is 1. The summed E-state index contributed by atoms with van der Waals surface area (Å²) in [6.45, 7) is 6.06. The zero-order valence-electron chi connectivity index (χ0n) is 21.2. The van der Waals surface area contributed by atoms with Gasteiger partial charge in [-0.15, -0.1) is 0 Å². The molecule has 0 fully saturated rings. The van der Waals surface area contributed by atoms with Crippen molar-refractivity contribution >= 4 is 17.0 Å². The molecule has 0 bridgehead atoms. The van der Waals surface area contributed by atoms with Crippen LogP contribution >= 0.6 is 0 Å². The molecular weight excluding hydrogens is 460 g/mol. The summed E-state index contributed by atoms with van der Waals surface area (Å²) in [6, 6.07) is 3.69. The van der Waals surface area contributed by atoms with E-state index in [-0.39, 0.29) is 51.6 Å². The van der Waals surface area contributed by atoms with Gasteiger partial charge in [-0.3, -0.25) is 4.79 Å². The lowest BCUT2D eigenvalue weighted by Crippen LogP contribution is -2.42. The number of ether oxygens (including phenoxy) is 6. The average molecular weight is 497 g/mol. The number of carbonyl (C=O) groups is 1. The first-order valence-electron chi connectivity index (χ1n) is 11.3. The van der Waals surface area contributed by atoms with Gasteiger partial charge in [-0.25, -0.2) is 9.78 Å². The molecule has 0 aliphatic heterocycles. The Balaban J connectivity index is 2.55. The lowest BCUT2D eigenvalue weighted by Gasteiger charge is -2.31. The van der Waals surface area contributed by atoms with E-state index in [0.717, 1.165) is 11.1 Å². The molecule has 196 valence electrons. The van der Waals surface area contributed by atoms with Gasteiger partial charge < -0.3 is 38.1 Å². The van der Waals surface area contributed by atoms with Crippen molar-refractivity contribution in [3.05, 3.63) is 39.3 Å². The molecule has 0 amide bonds.